The highest BCUT2D eigenvalue weighted by atomic mass is 32.2. The molecule has 0 amide bonds. The summed E-state index contributed by atoms with van der Waals surface area (Å²) in [4.78, 5) is 6.65. The summed E-state index contributed by atoms with van der Waals surface area (Å²) in [6, 6.07) is 0. The fraction of sp³-hybridized carbons (Fsp3) is 0.571. The van der Waals surface area contributed by atoms with Crippen molar-refractivity contribution in [1.29, 1.82) is 0 Å². The predicted octanol–water partition coefficient (Wildman–Crippen LogP) is 0.868. The molecular weight excluding hydrogens is 190 g/mol. The zero-order valence-electron chi connectivity index (χ0n) is 7.83. The third-order valence-electron chi connectivity index (χ3n) is 1.57. The Morgan fingerprint density at radius 1 is 1.54 bits per heavy atom. The molecule has 2 N–H and O–H groups in total. The second-order valence-electron chi connectivity index (χ2n) is 3.09. The number of anilines is 1. The summed E-state index contributed by atoms with van der Waals surface area (Å²) < 4.78 is 25.0. The van der Waals surface area contributed by atoms with Crippen LogP contribution in [-0.2, 0) is 10.0 Å². The van der Waals surface area contributed by atoms with Gasteiger partial charge < -0.3 is 4.98 Å². The van der Waals surface area contributed by atoms with Crippen molar-refractivity contribution in [2.45, 2.75) is 26.0 Å². The first-order chi connectivity index (χ1) is 5.92. The first-order valence-corrected chi connectivity index (χ1v) is 5.50. The summed E-state index contributed by atoms with van der Waals surface area (Å²) in [7, 11) is -3.28. The van der Waals surface area contributed by atoms with Crippen LogP contribution in [0.15, 0.2) is 6.20 Å². The van der Waals surface area contributed by atoms with Crippen LogP contribution in [0.5, 0.6) is 0 Å². The first-order valence-electron chi connectivity index (χ1n) is 3.95. The van der Waals surface area contributed by atoms with E-state index in [1.807, 2.05) is 0 Å². The molecule has 0 spiro atoms. The van der Waals surface area contributed by atoms with Crippen molar-refractivity contribution >= 4 is 16.0 Å². The number of hydrogen-bond acceptors (Lipinski definition) is 3. The molecule has 0 aliphatic rings. The van der Waals surface area contributed by atoms with Gasteiger partial charge in [0.15, 0.2) is 0 Å². The minimum absolute atomic E-state index is 0.270. The van der Waals surface area contributed by atoms with Crippen molar-refractivity contribution in [3.05, 3.63) is 11.9 Å². The van der Waals surface area contributed by atoms with E-state index in [-0.39, 0.29) is 5.95 Å². The van der Waals surface area contributed by atoms with Crippen molar-refractivity contribution < 1.29 is 8.42 Å². The van der Waals surface area contributed by atoms with Crippen molar-refractivity contribution in [3.8, 4) is 0 Å². The van der Waals surface area contributed by atoms with Gasteiger partial charge in [0.05, 0.1) is 10.9 Å². The molecule has 0 saturated heterocycles. The molecule has 0 unspecified atom stereocenters. The van der Waals surface area contributed by atoms with Gasteiger partial charge in [-0.2, -0.15) is 0 Å². The SMILES string of the molecule is Cc1c[nH]c(NS(=O)(=O)C(C)C)n1. The molecule has 0 aliphatic carbocycles. The van der Waals surface area contributed by atoms with Crippen LogP contribution in [0.1, 0.15) is 19.5 Å². The van der Waals surface area contributed by atoms with Gasteiger partial charge in [0.2, 0.25) is 16.0 Å². The number of nitrogens with one attached hydrogen (secondary N) is 2. The van der Waals surface area contributed by atoms with Gasteiger partial charge in [-0.25, -0.2) is 13.4 Å². The van der Waals surface area contributed by atoms with Gasteiger partial charge in [0, 0.05) is 6.20 Å². The topological polar surface area (TPSA) is 74.8 Å². The Balaban J connectivity index is 2.81. The number of aromatic nitrogens is 2. The van der Waals surface area contributed by atoms with E-state index in [9.17, 15) is 8.42 Å². The monoisotopic (exact) mass is 203 g/mol. The Morgan fingerprint density at radius 3 is 2.54 bits per heavy atom. The summed E-state index contributed by atoms with van der Waals surface area (Å²) in [5, 5.41) is -0.460. The van der Waals surface area contributed by atoms with Crippen LogP contribution in [0, 0.1) is 6.92 Å². The largest absolute Gasteiger partial charge is 0.330 e. The number of imidazole rings is 1. The number of nitrogens with zero attached hydrogens (tertiary/aromatic N) is 1. The second kappa shape index (κ2) is 3.37. The van der Waals surface area contributed by atoms with Crippen molar-refractivity contribution in [1.82, 2.24) is 9.97 Å². The number of sulfonamides is 1. The molecule has 0 saturated carbocycles. The fourth-order valence-electron chi connectivity index (χ4n) is 0.719. The van der Waals surface area contributed by atoms with Crippen LogP contribution in [-0.4, -0.2) is 23.6 Å². The van der Waals surface area contributed by atoms with Crippen LogP contribution >= 0.6 is 0 Å². The molecule has 0 aromatic carbocycles. The molecule has 0 fully saturated rings. The number of H-pyrrole nitrogens is 1. The Kier molecular flexibility index (Phi) is 2.60. The molecule has 0 aliphatic heterocycles. The van der Waals surface area contributed by atoms with E-state index in [0.29, 0.717) is 0 Å². The lowest BCUT2D eigenvalue weighted by Gasteiger charge is -2.07. The molecule has 1 aromatic rings. The van der Waals surface area contributed by atoms with Crippen LogP contribution < -0.4 is 4.72 Å². The maximum Gasteiger partial charge on any atom is 0.237 e. The average Bonchev–Trinajstić information content (AvgIpc) is 2.34. The molecule has 74 valence electrons. The Morgan fingerprint density at radius 2 is 2.15 bits per heavy atom. The fourth-order valence-corrected chi connectivity index (χ4v) is 1.33. The summed E-state index contributed by atoms with van der Waals surface area (Å²) >= 11 is 0. The highest BCUT2D eigenvalue weighted by molar-refractivity contribution is 7.93. The summed E-state index contributed by atoms with van der Waals surface area (Å²) in [5.74, 6) is 0.270. The Bertz CT molecular complexity index is 380. The van der Waals surface area contributed by atoms with E-state index < -0.39 is 15.3 Å². The highest BCUT2D eigenvalue weighted by Gasteiger charge is 2.16. The Hall–Kier alpha value is -1.04. The van der Waals surface area contributed by atoms with E-state index in [0.717, 1.165) is 5.69 Å². The zero-order valence-corrected chi connectivity index (χ0v) is 8.64. The maximum absolute atomic E-state index is 11.3. The zero-order chi connectivity index (χ0) is 10.1. The number of aromatic amines is 1. The lowest BCUT2D eigenvalue weighted by Crippen LogP contribution is -2.23. The van der Waals surface area contributed by atoms with Crippen molar-refractivity contribution in [3.63, 3.8) is 0 Å². The minimum Gasteiger partial charge on any atom is -0.330 e. The van der Waals surface area contributed by atoms with Gasteiger partial charge in [-0.3, -0.25) is 4.72 Å². The molecule has 1 aromatic heterocycles. The van der Waals surface area contributed by atoms with E-state index >= 15 is 0 Å². The number of aryl methyl sites for hydroxylation is 1. The van der Waals surface area contributed by atoms with Gasteiger partial charge in [0.1, 0.15) is 0 Å². The third kappa shape index (κ3) is 2.45. The standard InChI is InChI=1S/C7H13N3O2S/c1-5(2)13(11,12)10-7-8-4-6(3)9-7/h4-5H,1-3H3,(H2,8,9,10). The molecule has 0 radical (unpaired) electrons. The number of rotatable bonds is 3. The first kappa shape index (κ1) is 10.0. The van der Waals surface area contributed by atoms with Gasteiger partial charge >= 0.3 is 0 Å². The Labute approximate surface area is 77.6 Å². The average molecular weight is 203 g/mol. The van der Waals surface area contributed by atoms with Crippen molar-refractivity contribution in [2.24, 2.45) is 0 Å². The lowest BCUT2D eigenvalue weighted by atomic mass is 10.6. The van der Waals surface area contributed by atoms with Gasteiger partial charge in [-0.15, -0.1) is 0 Å². The maximum atomic E-state index is 11.3. The molecule has 6 heteroatoms. The molecule has 13 heavy (non-hydrogen) atoms. The summed E-state index contributed by atoms with van der Waals surface area (Å²) in [6.45, 7) is 5.00. The lowest BCUT2D eigenvalue weighted by molar-refractivity contribution is 0.592. The summed E-state index contributed by atoms with van der Waals surface area (Å²) in [5.41, 5.74) is 0.751. The van der Waals surface area contributed by atoms with Crippen LogP contribution in [0.3, 0.4) is 0 Å². The smallest absolute Gasteiger partial charge is 0.237 e. The van der Waals surface area contributed by atoms with Gasteiger partial charge in [-0.1, -0.05) is 0 Å². The van der Waals surface area contributed by atoms with Gasteiger partial charge in [-0.05, 0) is 20.8 Å². The van der Waals surface area contributed by atoms with E-state index in [1.54, 1.807) is 27.0 Å². The van der Waals surface area contributed by atoms with E-state index in [4.69, 9.17) is 0 Å². The molecule has 0 bridgehead atoms. The molecule has 1 rings (SSSR count). The summed E-state index contributed by atoms with van der Waals surface area (Å²) in [6.07, 6.45) is 1.64. The van der Waals surface area contributed by atoms with Crippen LogP contribution in [0.2, 0.25) is 0 Å². The molecule has 1 heterocycles. The van der Waals surface area contributed by atoms with Gasteiger partial charge in [0.25, 0.3) is 0 Å². The third-order valence-corrected chi connectivity index (χ3v) is 3.28. The second-order valence-corrected chi connectivity index (χ2v) is 5.32. The van der Waals surface area contributed by atoms with Crippen LogP contribution in [0.25, 0.3) is 0 Å². The molecule has 5 nitrogen and oxygen atoms in total. The molecular formula is C7H13N3O2S. The normalized spacial score (nSPS) is 12.0. The highest BCUT2D eigenvalue weighted by Crippen LogP contribution is 2.06. The quantitative estimate of drug-likeness (QED) is 0.765. The van der Waals surface area contributed by atoms with Crippen LogP contribution in [0.4, 0.5) is 5.95 Å². The van der Waals surface area contributed by atoms with Crippen molar-refractivity contribution in [2.75, 3.05) is 4.72 Å². The molecule has 0 atom stereocenters. The predicted molar refractivity (Wildman–Crippen MR) is 51.0 cm³/mol. The number of hydrogen-bond donors (Lipinski definition) is 2. The van der Waals surface area contributed by atoms with E-state index in [1.165, 1.54) is 0 Å². The van der Waals surface area contributed by atoms with E-state index in [2.05, 4.69) is 14.7 Å². The minimum atomic E-state index is -3.28.